The van der Waals surface area contributed by atoms with E-state index in [4.69, 9.17) is 9.72 Å². The molecule has 38 heavy (non-hydrogen) atoms. The maximum atomic E-state index is 13.6. The highest BCUT2D eigenvalue weighted by Gasteiger charge is 2.56. The average Bonchev–Trinajstić information content (AvgIpc) is 3.54. The summed E-state index contributed by atoms with van der Waals surface area (Å²) >= 11 is 0. The van der Waals surface area contributed by atoms with Crippen LogP contribution in [0.4, 0.5) is 0 Å². The molecule has 4 aromatic heterocycles. The van der Waals surface area contributed by atoms with Crippen LogP contribution < -0.4 is 0 Å². The number of carbonyl (C=O) groups excluding carboxylic acids is 1. The van der Waals surface area contributed by atoms with E-state index in [9.17, 15) is 4.79 Å². The Labute approximate surface area is 220 Å². The summed E-state index contributed by atoms with van der Waals surface area (Å²) in [5, 5.41) is 1.03. The van der Waals surface area contributed by atoms with Gasteiger partial charge in [0.2, 0.25) is 5.60 Å². The zero-order chi connectivity index (χ0) is 26.0. The molecule has 0 radical (unpaired) electrons. The van der Waals surface area contributed by atoms with E-state index < -0.39 is 11.6 Å². The van der Waals surface area contributed by atoms with E-state index in [1.54, 1.807) is 12.4 Å². The van der Waals surface area contributed by atoms with Gasteiger partial charge in [-0.05, 0) is 50.1 Å². The van der Waals surface area contributed by atoms with Crippen molar-refractivity contribution in [3.63, 3.8) is 0 Å². The molecule has 1 atom stereocenters. The third-order valence-corrected chi connectivity index (χ3v) is 7.86. The lowest BCUT2D eigenvalue weighted by molar-refractivity contribution is 0.0230. The molecule has 186 valence electrons. The van der Waals surface area contributed by atoms with Gasteiger partial charge < -0.3 is 13.7 Å². The standard InChI is InChI=1S/C32H26N4O2/c1-4-35-21(3)27(23-14-8-9-16-25(23)35)32(29-28(31(37)38-32)33-17-18-34-29)30-26(22-12-6-5-7-13-22)20(2)24-15-10-11-19-36(24)30/h5-19H,4H2,1-3H3. The number of carbonyl (C=O) groups is 1. The van der Waals surface area contributed by atoms with Crippen LogP contribution in [0.3, 0.4) is 0 Å². The van der Waals surface area contributed by atoms with E-state index in [1.165, 1.54) is 0 Å². The summed E-state index contributed by atoms with van der Waals surface area (Å²) < 4.78 is 11.1. The van der Waals surface area contributed by atoms with Crippen molar-refractivity contribution in [3.05, 3.63) is 125 Å². The molecule has 0 saturated carbocycles. The number of ether oxygens (including phenoxy) is 1. The highest BCUT2D eigenvalue weighted by molar-refractivity contribution is 5.98. The minimum absolute atomic E-state index is 0.253. The molecule has 6 nitrogen and oxygen atoms in total. The minimum atomic E-state index is -1.31. The first-order valence-electron chi connectivity index (χ1n) is 12.9. The number of benzene rings is 2. The van der Waals surface area contributed by atoms with Gasteiger partial charge in [-0.25, -0.2) is 9.78 Å². The number of pyridine rings is 1. The van der Waals surface area contributed by atoms with Crippen LogP contribution in [0.25, 0.3) is 27.5 Å². The number of nitrogens with zero attached hydrogens (tertiary/aromatic N) is 4. The lowest BCUT2D eigenvalue weighted by Crippen LogP contribution is -2.33. The largest absolute Gasteiger partial charge is 0.436 e. The number of rotatable bonds is 4. The second-order valence-electron chi connectivity index (χ2n) is 9.72. The van der Waals surface area contributed by atoms with Crippen molar-refractivity contribution in [2.75, 3.05) is 0 Å². The molecule has 0 N–H and O–H groups in total. The lowest BCUT2D eigenvalue weighted by Gasteiger charge is -2.30. The molecule has 7 rings (SSSR count). The first kappa shape index (κ1) is 22.5. The van der Waals surface area contributed by atoms with Gasteiger partial charge in [-0.3, -0.25) is 4.98 Å². The molecule has 1 unspecified atom stereocenters. The van der Waals surface area contributed by atoms with Gasteiger partial charge in [0.25, 0.3) is 0 Å². The third kappa shape index (κ3) is 2.80. The van der Waals surface area contributed by atoms with Crippen LogP contribution in [0.15, 0.2) is 91.4 Å². The Hall–Kier alpha value is -4.71. The van der Waals surface area contributed by atoms with Crippen molar-refractivity contribution in [2.24, 2.45) is 0 Å². The Morgan fingerprint density at radius 1 is 0.868 bits per heavy atom. The highest BCUT2D eigenvalue weighted by atomic mass is 16.6. The fraction of sp³-hybridized carbons (Fsp3) is 0.156. The number of aryl methyl sites for hydroxylation is 2. The number of cyclic esters (lactones) is 1. The Bertz CT molecular complexity index is 1880. The van der Waals surface area contributed by atoms with E-state index >= 15 is 0 Å². The fourth-order valence-electron chi connectivity index (χ4n) is 6.39. The average molecular weight is 499 g/mol. The predicted octanol–water partition coefficient (Wildman–Crippen LogP) is 6.45. The van der Waals surface area contributed by atoms with Gasteiger partial charge in [0.15, 0.2) is 5.69 Å². The van der Waals surface area contributed by atoms with Crippen molar-refractivity contribution in [1.82, 2.24) is 18.9 Å². The molecule has 1 aliphatic rings. The quantitative estimate of drug-likeness (QED) is 0.262. The van der Waals surface area contributed by atoms with E-state index in [2.05, 4.69) is 65.1 Å². The first-order valence-corrected chi connectivity index (χ1v) is 12.9. The van der Waals surface area contributed by atoms with Crippen molar-refractivity contribution < 1.29 is 9.53 Å². The molecular formula is C32H26N4O2. The molecule has 0 saturated heterocycles. The second-order valence-corrected chi connectivity index (χ2v) is 9.72. The van der Waals surface area contributed by atoms with Gasteiger partial charge in [0, 0.05) is 58.4 Å². The molecular weight excluding hydrogens is 472 g/mol. The summed E-state index contributed by atoms with van der Waals surface area (Å²) in [5.74, 6) is -0.469. The maximum Gasteiger partial charge on any atom is 0.360 e. The zero-order valence-electron chi connectivity index (χ0n) is 21.5. The first-order chi connectivity index (χ1) is 18.6. The summed E-state index contributed by atoms with van der Waals surface area (Å²) in [6.45, 7) is 7.15. The summed E-state index contributed by atoms with van der Waals surface area (Å²) in [7, 11) is 0. The van der Waals surface area contributed by atoms with E-state index in [1.807, 2.05) is 48.7 Å². The number of fused-ring (bicyclic) bond motifs is 3. The van der Waals surface area contributed by atoms with Gasteiger partial charge in [-0.2, -0.15) is 0 Å². The smallest absolute Gasteiger partial charge is 0.360 e. The summed E-state index contributed by atoms with van der Waals surface area (Å²) in [6, 6.07) is 24.8. The van der Waals surface area contributed by atoms with Crippen LogP contribution in [0.1, 0.15) is 45.6 Å². The van der Waals surface area contributed by atoms with Crippen molar-refractivity contribution in [2.45, 2.75) is 32.9 Å². The number of aromatic nitrogens is 4. The fourth-order valence-corrected chi connectivity index (χ4v) is 6.39. The van der Waals surface area contributed by atoms with Gasteiger partial charge in [0.05, 0.1) is 5.69 Å². The minimum Gasteiger partial charge on any atom is -0.436 e. The molecule has 1 aliphatic heterocycles. The molecule has 6 heteroatoms. The van der Waals surface area contributed by atoms with Crippen LogP contribution in [0.5, 0.6) is 0 Å². The monoisotopic (exact) mass is 498 g/mol. The topological polar surface area (TPSA) is 61.4 Å². The van der Waals surface area contributed by atoms with Gasteiger partial charge in [-0.1, -0.05) is 54.6 Å². The number of esters is 1. The van der Waals surface area contributed by atoms with Crippen molar-refractivity contribution >= 4 is 22.4 Å². The summed E-state index contributed by atoms with van der Waals surface area (Å²) in [4.78, 5) is 22.9. The number of hydrogen-bond acceptors (Lipinski definition) is 4. The molecule has 0 aliphatic carbocycles. The Kier molecular flexibility index (Phi) is 4.82. The van der Waals surface area contributed by atoms with Crippen LogP contribution in [0.2, 0.25) is 0 Å². The molecule has 0 fully saturated rings. The van der Waals surface area contributed by atoms with Crippen molar-refractivity contribution in [1.29, 1.82) is 0 Å². The molecule has 0 spiro atoms. The van der Waals surface area contributed by atoms with E-state index in [0.717, 1.165) is 56.6 Å². The molecule has 6 aromatic rings. The van der Waals surface area contributed by atoms with Crippen molar-refractivity contribution in [3.8, 4) is 11.1 Å². The molecule has 0 amide bonds. The Morgan fingerprint density at radius 2 is 1.58 bits per heavy atom. The Balaban J connectivity index is 1.74. The SMILES string of the molecule is CCn1c(C)c(C2(c3c(-c4ccccc4)c(C)c4ccccn34)OC(=O)c3nccnc32)c2ccccc21. The summed E-state index contributed by atoms with van der Waals surface area (Å²) in [5.41, 5.74) is 7.59. The third-order valence-electron chi connectivity index (χ3n) is 7.86. The lowest BCUT2D eigenvalue weighted by atomic mass is 9.81. The molecule has 2 aromatic carbocycles. The van der Waals surface area contributed by atoms with Crippen LogP contribution in [0, 0.1) is 13.8 Å². The molecule has 5 heterocycles. The molecule has 0 bridgehead atoms. The van der Waals surface area contributed by atoms with Crippen LogP contribution in [-0.2, 0) is 16.9 Å². The van der Waals surface area contributed by atoms with Crippen LogP contribution >= 0.6 is 0 Å². The van der Waals surface area contributed by atoms with Gasteiger partial charge >= 0.3 is 5.97 Å². The second kappa shape index (κ2) is 8.15. The summed E-state index contributed by atoms with van der Waals surface area (Å²) in [6.07, 6.45) is 5.25. The van der Waals surface area contributed by atoms with Crippen LogP contribution in [-0.4, -0.2) is 24.9 Å². The van der Waals surface area contributed by atoms with E-state index in [0.29, 0.717) is 5.69 Å². The highest BCUT2D eigenvalue weighted by Crippen LogP contribution is 2.53. The Morgan fingerprint density at radius 3 is 2.39 bits per heavy atom. The number of para-hydroxylation sites is 1. The van der Waals surface area contributed by atoms with E-state index in [-0.39, 0.29) is 5.69 Å². The maximum absolute atomic E-state index is 13.6. The number of hydrogen-bond donors (Lipinski definition) is 0. The normalized spacial score (nSPS) is 16.8. The van der Waals surface area contributed by atoms with Gasteiger partial charge in [-0.15, -0.1) is 0 Å². The van der Waals surface area contributed by atoms with Gasteiger partial charge in [0.1, 0.15) is 5.69 Å². The predicted molar refractivity (Wildman–Crippen MR) is 147 cm³/mol. The zero-order valence-corrected chi connectivity index (χ0v) is 21.5.